The molecule has 0 radical (unpaired) electrons. The summed E-state index contributed by atoms with van der Waals surface area (Å²) in [5.41, 5.74) is 0. The zero-order valence-corrected chi connectivity index (χ0v) is 11.6. The first kappa shape index (κ1) is 19.2. The summed E-state index contributed by atoms with van der Waals surface area (Å²) in [5.74, 6) is 0. The molecule has 2 N–H and O–H groups in total. The van der Waals surface area contributed by atoms with Crippen LogP contribution in [0.5, 0.6) is 0 Å². The number of hydrogen-bond donors (Lipinski definition) is 2. The van der Waals surface area contributed by atoms with Gasteiger partial charge in [0.05, 0.1) is 0 Å². The molecule has 0 amide bonds. The van der Waals surface area contributed by atoms with E-state index in [1.165, 1.54) is 69.3 Å². The van der Waals surface area contributed by atoms with Crippen molar-refractivity contribution >= 4 is 23.9 Å². The predicted octanol–water partition coefficient (Wildman–Crippen LogP) is 4.72. The van der Waals surface area contributed by atoms with Crippen LogP contribution in [0, 0.1) is 0 Å². The normalized spacial score (nSPS) is 9.59. The molecule has 17 heavy (non-hydrogen) atoms. The first-order valence-corrected chi connectivity index (χ1v) is 7.07. The fourth-order valence-electron chi connectivity index (χ4n) is 1.74. The summed E-state index contributed by atoms with van der Waals surface area (Å²) in [4.78, 5) is 8.56. The van der Waals surface area contributed by atoms with Crippen molar-refractivity contribution in [3.8, 4) is 0 Å². The molecule has 0 aliphatic rings. The van der Waals surface area contributed by atoms with Gasteiger partial charge >= 0.3 is 100 Å². The van der Waals surface area contributed by atoms with Gasteiger partial charge in [0.25, 0.3) is 0 Å². The molecule has 0 unspecified atom stereocenters. The molecule has 0 saturated heterocycles. The van der Waals surface area contributed by atoms with Gasteiger partial charge < -0.3 is 10.2 Å². The Labute approximate surface area is 115 Å². The van der Waals surface area contributed by atoms with Crippen molar-refractivity contribution in [3.63, 3.8) is 0 Å². The molecule has 0 aliphatic carbocycles. The van der Waals surface area contributed by atoms with E-state index in [1.54, 1.807) is 0 Å². The van der Waals surface area contributed by atoms with Gasteiger partial charge in [0, 0.05) is 0 Å². The van der Waals surface area contributed by atoms with Gasteiger partial charge in [-0.15, -0.1) is 0 Å². The Hall–Kier alpha value is -0.133. The van der Waals surface area contributed by atoms with Gasteiger partial charge in [0.1, 0.15) is 0 Å². The number of unbranched alkanes of at least 4 members (excludes halogenated alkanes) is 9. The molecule has 0 heterocycles. The summed E-state index contributed by atoms with van der Waals surface area (Å²) in [6.07, 6.45) is 12.7. The monoisotopic (exact) mass is 238 g/mol. The van der Waals surface area contributed by atoms with Crippen LogP contribution in [0.1, 0.15) is 71.1 Å². The van der Waals surface area contributed by atoms with E-state index in [0.29, 0.717) is 0 Å². The van der Waals surface area contributed by atoms with Crippen LogP contribution in [0.3, 0.4) is 0 Å². The second-order valence-electron chi connectivity index (χ2n) is 4.46. The van der Waals surface area contributed by atoms with Crippen LogP contribution < -0.4 is 0 Å². The van der Waals surface area contributed by atoms with Gasteiger partial charge in [-0.25, -0.2) is 4.79 Å². The summed E-state index contributed by atoms with van der Waals surface area (Å²) >= 11 is 2.28. The third-order valence-corrected chi connectivity index (χ3v) is 2.71. The Morgan fingerprint density at radius 1 is 0.824 bits per heavy atom. The SMILES string of the molecule is O=C(O)O.[Li][CH2]CCCCCCCCCCC. The fourth-order valence-corrected chi connectivity index (χ4v) is 1.74. The summed E-state index contributed by atoms with van der Waals surface area (Å²) in [5, 5.41) is 15.3. The van der Waals surface area contributed by atoms with Crippen molar-refractivity contribution in [1.29, 1.82) is 0 Å². The van der Waals surface area contributed by atoms with Crippen molar-refractivity contribution in [3.05, 3.63) is 0 Å². The maximum atomic E-state index is 8.56. The van der Waals surface area contributed by atoms with Gasteiger partial charge in [0.15, 0.2) is 0 Å². The van der Waals surface area contributed by atoms with E-state index in [0.717, 1.165) is 0 Å². The molecule has 0 aromatic carbocycles. The Morgan fingerprint density at radius 3 is 1.41 bits per heavy atom. The molecule has 0 aromatic rings. The van der Waals surface area contributed by atoms with Crippen LogP contribution in [0.2, 0.25) is 5.09 Å². The maximum absolute atomic E-state index is 8.56. The van der Waals surface area contributed by atoms with Gasteiger partial charge in [-0.2, -0.15) is 0 Å². The molecule has 98 valence electrons. The first-order valence-electron chi connectivity index (χ1n) is 7.07. The van der Waals surface area contributed by atoms with Crippen molar-refractivity contribution in [2.24, 2.45) is 0 Å². The van der Waals surface area contributed by atoms with Gasteiger partial charge in [-0.3, -0.25) is 0 Å². The summed E-state index contributed by atoms with van der Waals surface area (Å²) in [6, 6.07) is 0. The van der Waals surface area contributed by atoms with Gasteiger partial charge in [-0.1, -0.05) is 0 Å². The molecular weight excluding hydrogens is 211 g/mol. The van der Waals surface area contributed by atoms with Crippen LogP contribution in [0.25, 0.3) is 0 Å². The van der Waals surface area contributed by atoms with Crippen LogP contribution in [-0.2, 0) is 0 Å². The quantitative estimate of drug-likeness (QED) is 0.428. The molecule has 4 heteroatoms. The molecule has 0 rings (SSSR count). The Balaban J connectivity index is 0. The molecule has 0 aromatic heterocycles. The van der Waals surface area contributed by atoms with Gasteiger partial charge in [-0.05, 0) is 0 Å². The van der Waals surface area contributed by atoms with Crippen LogP contribution in [-0.4, -0.2) is 34.1 Å². The van der Waals surface area contributed by atoms with E-state index in [9.17, 15) is 0 Å². The minimum atomic E-state index is -1.83. The Morgan fingerprint density at radius 2 is 1.12 bits per heavy atom. The van der Waals surface area contributed by atoms with Crippen molar-refractivity contribution in [1.82, 2.24) is 0 Å². The molecule has 0 aliphatic heterocycles. The first-order chi connectivity index (χ1) is 8.15. The Kier molecular flexibility index (Phi) is 20.6. The number of hydrogen-bond acceptors (Lipinski definition) is 1. The average Bonchev–Trinajstić information content (AvgIpc) is 2.26. The molecular formula is C13H27LiO3. The van der Waals surface area contributed by atoms with E-state index in [1.807, 2.05) is 0 Å². The topological polar surface area (TPSA) is 57.5 Å². The summed E-state index contributed by atoms with van der Waals surface area (Å²) in [7, 11) is 0. The van der Waals surface area contributed by atoms with E-state index in [2.05, 4.69) is 24.6 Å². The standard InChI is InChI=1S/C12H25.CH2O3.Li/c1-3-5-7-9-11-12-10-8-6-4-2;2-1(3)4;/h1,3-12H2,2H3;(H2,2,3,4);. The molecule has 0 fully saturated rings. The van der Waals surface area contributed by atoms with Crippen molar-refractivity contribution in [2.75, 3.05) is 0 Å². The average molecular weight is 238 g/mol. The zero-order chi connectivity index (χ0) is 13.4. The second-order valence-corrected chi connectivity index (χ2v) is 4.46. The van der Waals surface area contributed by atoms with E-state index in [4.69, 9.17) is 15.0 Å². The van der Waals surface area contributed by atoms with Crippen LogP contribution in [0.15, 0.2) is 0 Å². The fraction of sp³-hybridized carbons (Fsp3) is 0.923. The van der Waals surface area contributed by atoms with Crippen molar-refractivity contribution in [2.45, 2.75) is 76.2 Å². The number of rotatable bonds is 10. The van der Waals surface area contributed by atoms with Crippen LogP contribution in [0.4, 0.5) is 4.79 Å². The molecule has 3 nitrogen and oxygen atoms in total. The third-order valence-electron chi connectivity index (χ3n) is 2.71. The minimum absolute atomic E-state index is 1.37. The third kappa shape index (κ3) is 31.3. The predicted molar refractivity (Wildman–Crippen MR) is 73.1 cm³/mol. The summed E-state index contributed by atoms with van der Waals surface area (Å²) < 4.78 is 0. The Bertz CT molecular complexity index is 138. The number of carboxylic acid groups (broad SMARTS) is 2. The number of carbonyl (C=O) groups is 1. The van der Waals surface area contributed by atoms with E-state index < -0.39 is 6.16 Å². The van der Waals surface area contributed by atoms with Crippen molar-refractivity contribution < 1.29 is 15.0 Å². The molecule has 0 spiro atoms. The zero-order valence-electron chi connectivity index (χ0n) is 11.6. The van der Waals surface area contributed by atoms with Crippen LogP contribution >= 0.6 is 0 Å². The summed E-state index contributed by atoms with van der Waals surface area (Å²) in [6.45, 7) is 2.28. The van der Waals surface area contributed by atoms with Gasteiger partial charge in [0.2, 0.25) is 0 Å². The molecule has 0 bridgehead atoms. The second kappa shape index (κ2) is 18.2. The molecule has 0 atom stereocenters. The molecule has 0 saturated carbocycles. The van der Waals surface area contributed by atoms with E-state index >= 15 is 0 Å². The van der Waals surface area contributed by atoms with E-state index in [-0.39, 0.29) is 0 Å².